The van der Waals surface area contributed by atoms with Gasteiger partial charge in [-0.2, -0.15) is 0 Å². The number of benzene rings is 11. The lowest BCUT2D eigenvalue weighted by Crippen LogP contribution is -2.37. The van der Waals surface area contributed by atoms with Gasteiger partial charge in [0, 0.05) is 39.4 Å². The van der Waals surface area contributed by atoms with Gasteiger partial charge < -0.3 is 9.80 Å². The van der Waals surface area contributed by atoms with Crippen molar-refractivity contribution in [2.45, 2.75) is 38.9 Å². The van der Waals surface area contributed by atoms with E-state index in [0.29, 0.717) is 0 Å². The van der Waals surface area contributed by atoms with Gasteiger partial charge in [-0.15, -0.1) is 0 Å². The summed E-state index contributed by atoms with van der Waals surface area (Å²) < 4.78 is 0. The molecular formula is C64H52N2Si. The van der Waals surface area contributed by atoms with Gasteiger partial charge in [0.25, 0.3) is 0 Å². The first-order valence-electron chi connectivity index (χ1n) is 23.6. The van der Waals surface area contributed by atoms with Gasteiger partial charge in [-0.3, -0.25) is 0 Å². The van der Waals surface area contributed by atoms with Crippen molar-refractivity contribution < 1.29 is 0 Å². The second kappa shape index (κ2) is 15.7. The smallest absolute Gasteiger partial charge is 0.0775 e. The Morgan fingerprint density at radius 1 is 0.343 bits per heavy atom. The zero-order valence-electron chi connectivity index (χ0n) is 38.8. The Bertz CT molecular complexity index is 3680. The molecule has 0 radical (unpaired) electrons. The van der Waals surface area contributed by atoms with Crippen LogP contribution >= 0.6 is 0 Å². The van der Waals surface area contributed by atoms with Crippen LogP contribution in [0.5, 0.6) is 0 Å². The Morgan fingerprint density at radius 2 is 0.866 bits per heavy atom. The highest BCUT2D eigenvalue weighted by molar-refractivity contribution is 6.88. The molecule has 0 N–H and O–H groups in total. The molecule has 11 aromatic rings. The van der Waals surface area contributed by atoms with E-state index in [1.165, 1.54) is 81.7 Å². The summed E-state index contributed by atoms with van der Waals surface area (Å²) in [6.07, 6.45) is 0. The van der Waals surface area contributed by atoms with Crippen LogP contribution in [0.3, 0.4) is 0 Å². The second-order valence-corrected chi connectivity index (χ2v) is 24.8. The monoisotopic (exact) mass is 876 g/mol. The minimum Gasteiger partial charge on any atom is -0.310 e. The van der Waals surface area contributed by atoms with Crippen LogP contribution in [0.25, 0.3) is 65.3 Å². The van der Waals surface area contributed by atoms with Crippen molar-refractivity contribution in [1.82, 2.24) is 0 Å². The van der Waals surface area contributed by atoms with Crippen LogP contribution in [0, 0.1) is 0 Å². The molecule has 0 amide bonds. The topological polar surface area (TPSA) is 6.48 Å². The fourth-order valence-corrected chi connectivity index (χ4v) is 12.1. The first-order chi connectivity index (χ1) is 32.6. The molecule has 0 saturated heterocycles. The number of hydrogen-bond donors (Lipinski definition) is 0. The molecule has 11 aromatic carbocycles. The Kier molecular flexibility index (Phi) is 9.56. The fraction of sp³-hybridized carbons (Fsp3) is 0.0938. The van der Waals surface area contributed by atoms with Crippen LogP contribution < -0.4 is 15.0 Å². The maximum Gasteiger partial charge on any atom is 0.0775 e. The predicted molar refractivity (Wildman–Crippen MR) is 292 cm³/mol. The molecule has 0 unspecified atom stereocenters. The Morgan fingerprint density at radius 3 is 1.63 bits per heavy atom. The van der Waals surface area contributed by atoms with E-state index in [-0.39, 0.29) is 5.41 Å². The molecule has 322 valence electrons. The summed E-state index contributed by atoms with van der Waals surface area (Å²) in [5, 5.41) is 11.5. The van der Waals surface area contributed by atoms with Gasteiger partial charge in [-0.25, -0.2) is 0 Å². The molecule has 0 heterocycles. The molecule has 0 fully saturated rings. The normalized spacial score (nSPS) is 13.0. The van der Waals surface area contributed by atoms with Crippen molar-refractivity contribution in [2.75, 3.05) is 9.80 Å². The van der Waals surface area contributed by atoms with Gasteiger partial charge in [-0.1, -0.05) is 196 Å². The SMILES string of the molecule is CC1(C)c2ccccc2-c2ccc(N(c3ccc4c(c3)c3ccccc3c3c5ccc(N(c6ccccc6)c6ccc([Si](C)(C)C)cc6)cc5ccc43)c3ccccc3-c3ccccc3)cc21. The van der Waals surface area contributed by atoms with Crippen LogP contribution in [0.4, 0.5) is 34.1 Å². The zero-order valence-corrected chi connectivity index (χ0v) is 39.8. The summed E-state index contributed by atoms with van der Waals surface area (Å²) in [6.45, 7) is 12.0. The average molecular weight is 877 g/mol. The molecule has 0 aromatic heterocycles. The molecule has 12 rings (SSSR count). The van der Waals surface area contributed by atoms with E-state index in [1.54, 1.807) is 0 Å². The van der Waals surface area contributed by atoms with Gasteiger partial charge >= 0.3 is 0 Å². The standard InChI is InChI=1S/C64H52N2Si/c1-64(2)60-26-16-14-24-55(60)56-39-33-49(42-61(56)64)66(62-27-17-15-22-51(62)43-18-8-6-9-19-43)48-32-38-54-58-36-28-44-40-47(31-37-52(44)63(58)57-25-13-12-23-53(57)59(54)41-48)65(45-20-10-7-11-21-45)46-29-34-50(35-30-46)67(3,4)5/h6-42H,1-5H3. The third-order valence-electron chi connectivity index (χ3n) is 14.4. The van der Waals surface area contributed by atoms with Gasteiger partial charge in [0.05, 0.1) is 13.8 Å². The quantitative estimate of drug-likeness (QED) is 0.111. The highest BCUT2D eigenvalue weighted by atomic mass is 28.3. The molecular weight excluding hydrogens is 825 g/mol. The average Bonchev–Trinajstić information content (AvgIpc) is 3.59. The van der Waals surface area contributed by atoms with Crippen LogP contribution in [-0.2, 0) is 5.41 Å². The van der Waals surface area contributed by atoms with E-state index < -0.39 is 8.07 Å². The molecule has 67 heavy (non-hydrogen) atoms. The van der Waals surface area contributed by atoms with Gasteiger partial charge in [-0.05, 0) is 138 Å². The summed E-state index contributed by atoms with van der Waals surface area (Å²) in [5.74, 6) is 0. The Labute approximate surface area is 395 Å². The van der Waals surface area contributed by atoms with Gasteiger partial charge in [0.15, 0.2) is 0 Å². The van der Waals surface area contributed by atoms with Crippen LogP contribution in [0.15, 0.2) is 224 Å². The molecule has 0 atom stereocenters. The third-order valence-corrected chi connectivity index (χ3v) is 16.4. The van der Waals surface area contributed by atoms with Crippen LogP contribution in [0.2, 0.25) is 19.6 Å². The minimum absolute atomic E-state index is 0.132. The first kappa shape index (κ1) is 40.8. The molecule has 0 spiro atoms. The molecule has 2 nitrogen and oxygen atoms in total. The number of hydrogen-bond acceptors (Lipinski definition) is 2. The molecule has 1 aliphatic rings. The van der Waals surface area contributed by atoms with Crippen molar-refractivity contribution in [3.8, 4) is 22.3 Å². The molecule has 1 aliphatic carbocycles. The molecule has 0 aliphatic heterocycles. The van der Waals surface area contributed by atoms with Crippen molar-refractivity contribution in [1.29, 1.82) is 0 Å². The predicted octanol–water partition coefficient (Wildman–Crippen LogP) is 17.8. The van der Waals surface area contributed by atoms with Gasteiger partial charge in [0.2, 0.25) is 0 Å². The summed E-state index contributed by atoms with van der Waals surface area (Å²) >= 11 is 0. The minimum atomic E-state index is -1.45. The molecule has 0 bridgehead atoms. The lowest BCUT2D eigenvalue weighted by molar-refractivity contribution is 0.660. The highest BCUT2D eigenvalue weighted by Crippen LogP contribution is 2.52. The first-order valence-corrected chi connectivity index (χ1v) is 27.1. The number of fused-ring (bicyclic) bond motifs is 11. The van der Waals surface area contributed by atoms with E-state index in [2.05, 4.69) is 268 Å². The summed E-state index contributed by atoms with van der Waals surface area (Å²) in [6, 6.07) is 83.6. The van der Waals surface area contributed by atoms with E-state index in [0.717, 1.165) is 34.1 Å². The van der Waals surface area contributed by atoms with E-state index in [9.17, 15) is 0 Å². The van der Waals surface area contributed by atoms with E-state index >= 15 is 0 Å². The summed E-state index contributed by atoms with van der Waals surface area (Å²) in [4.78, 5) is 4.87. The Balaban J connectivity index is 1.04. The number of para-hydroxylation sites is 2. The summed E-state index contributed by atoms with van der Waals surface area (Å²) in [7, 11) is -1.45. The Hall–Kier alpha value is -7.72. The highest BCUT2D eigenvalue weighted by Gasteiger charge is 2.36. The van der Waals surface area contributed by atoms with E-state index in [4.69, 9.17) is 0 Å². The van der Waals surface area contributed by atoms with Crippen LogP contribution in [-0.4, -0.2) is 8.07 Å². The van der Waals surface area contributed by atoms with Crippen molar-refractivity contribution in [3.05, 3.63) is 236 Å². The zero-order chi connectivity index (χ0) is 45.4. The number of anilines is 6. The lowest BCUT2D eigenvalue weighted by Gasteiger charge is -2.30. The maximum atomic E-state index is 2.49. The number of rotatable bonds is 8. The third kappa shape index (κ3) is 6.76. The van der Waals surface area contributed by atoms with E-state index in [1.807, 2.05) is 0 Å². The largest absolute Gasteiger partial charge is 0.310 e. The lowest BCUT2D eigenvalue weighted by atomic mass is 9.82. The summed E-state index contributed by atoms with van der Waals surface area (Å²) in [5.41, 5.74) is 14.5. The van der Waals surface area contributed by atoms with Crippen molar-refractivity contribution in [2.24, 2.45) is 0 Å². The fourth-order valence-electron chi connectivity index (χ4n) is 11.0. The van der Waals surface area contributed by atoms with Crippen molar-refractivity contribution in [3.63, 3.8) is 0 Å². The molecule has 0 saturated carbocycles. The maximum absolute atomic E-state index is 2.49. The van der Waals surface area contributed by atoms with Crippen molar-refractivity contribution >= 4 is 90.5 Å². The number of nitrogens with zero attached hydrogens (tertiary/aromatic N) is 2. The second-order valence-electron chi connectivity index (χ2n) is 19.8. The molecule has 3 heteroatoms. The van der Waals surface area contributed by atoms with Crippen LogP contribution in [0.1, 0.15) is 25.0 Å². The van der Waals surface area contributed by atoms with Gasteiger partial charge in [0.1, 0.15) is 0 Å².